The lowest BCUT2D eigenvalue weighted by atomic mass is 9.84. The van der Waals surface area contributed by atoms with Gasteiger partial charge in [0.05, 0.1) is 5.69 Å². The lowest BCUT2D eigenvalue weighted by Gasteiger charge is -2.28. The summed E-state index contributed by atoms with van der Waals surface area (Å²) in [5, 5.41) is 7.53. The van der Waals surface area contributed by atoms with Gasteiger partial charge in [0, 0.05) is 31.5 Å². The highest BCUT2D eigenvalue weighted by molar-refractivity contribution is 7.26. The summed E-state index contributed by atoms with van der Waals surface area (Å²) in [6.07, 6.45) is 0. The van der Waals surface area contributed by atoms with Crippen LogP contribution in [0, 0.1) is 0 Å². The van der Waals surface area contributed by atoms with Crippen LogP contribution in [0.4, 0.5) is 17.1 Å². The van der Waals surface area contributed by atoms with Crippen LogP contribution in [0.1, 0.15) is 0 Å². The summed E-state index contributed by atoms with van der Waals surface area (Å²) in [4.78, 5) is 2.49. The maximum Gasteiger partial charge on any atom is 0.0554 e. The van der Waals surface area contributed by atoms with E-state index in [1.54, 1.807) is 0 Å². The lowest BCUT2D eigenvalue weighted by molar-refractivity contribution is 1.30. The molecular formula is C62H41NS. The van der Waals surface area contributed by atoms with Crippen LogP contribution in [0.15, 0.2) is 249 Å². The third-order valence-electron chi connectivity index (χ3n) is 12.6. The van der Waals surface area contributed by atoms with E-state index >= 15 is 0 Å². The number of anilines is 3. The molecule has 0 saturated heterocycles. The molecule has 0 bridgehead atoms. The summed E-state index contributed by atoms with van der Waals surface area (Å²) in [5.74, 6) is 0. The van der Waals surface area contributed by atoms with Crippen molar-refractivity contribution in [3.8, 4) is 55.6 Å². The molecule has 0 saturated carbocycles. The third kappa shape index (κ3) is 6.64. The largest absolute Gasteiger partial charge is 0.310 e. The van der Waals surface area contributed by atoms with Gasteiger partial charge in [0.15, 0.2) is 0 Å². The van der Waals surface area contributed by atoms with Crippen molar-refractivity contribution in [1.29, 1.82) is 0 Å². The topological polar surface area (TPSA) is 3.24 Å². The molecule has 0 unspecified atom stereocenters. The maximum absolute atomic E-state index is 2.49. The van der Waals surface area contributed by atoms with E-state index < -0.39 is 0 Å². The van der Waals surface area contributed by atoms with Crippen molar-refractivity contribution >= 4 is 70.1 Å². The van der Waals surface area contributed by atoms with Gasteiger partial charge >= 0.3 is 0 Å². The van der Waals surface area contributed by atoms with Crippen LogP contribution in [0.25, 0.3) is 97.4 Å². The van der Waals surface area contributed by atoms with E-state index in [0.29, 0.717) is 0 Å². The smallest absolute Gasteiger partial charge is 0.0554 e. The van der Waals surface area contributed by atoms with Crippen LogP contribution in [0.3, 0.4) is 0 Å². The van der Waals surface area contributed by atoms with Gasteiger partial charge in [0.2, 0.25) is 0 Å². The fourth-order valence-corrected chi connectivity index (χ4v) is 10.8. The zero-order chi connectivity index (χ0) is 42.4. The number of benzene rings is 11. The molecule has 11 aromatic carbocycles. The van der Waals surface area contributed by atoms with Gasteiger partial charge in [-0.1, -0.05) is 194 Å². The zero-order valence-electron chi connectivity index (χ0n) is 35.0. The molecule has 1 heterocycles. The van der Waals surface area contributed by atoms with Crippen LogP contribution >= 0.6 is 11.3 Å². The quantitative estimate of drug-likeness (QED) is 0.138. The zero-order valence-corrected chi connectivity index (χ0v) is 35.8. The van der Waals surface area contributed by atoms with Gasteiger partial charge in [-0.3, -0.25) is 0 Å². The molecule has 64 heavy (non-hydrogen) atoms. The summed E-state index contributed by atoms with van der Waals surface area (Å²) in [7, 11) is 0. The Morgan fingerprint density at radius 1 is 0.250 bits per heavy atom. The van der Waals surface area contributed by atoms with E-state index in [1.165, 1.54) is 91.8 Å². The second-order valence-electron chi connectivity index (χ2n) is 16.4. The van der Waals surface area contributed by atoms with E-state index in [1.807, 2.05) is 11.3 Å². The molecule has 0 fully saturated rings. The lowest BCUT2D eigenvalue weighted by Crippen LogP contribution is -2.11. The fourth-order valence-electron chi connectivity index (χ4n) is 9.71. The fraction of sp³-hybridized carbons (Fsp3) is 0. The molecule has 2 heteroatoms. The van der Waals surface area contributed by atoms with Crippen LogP contribution in [-0.2, 0) is 0 Å². The summed E-state index contributed by atoms with van der Waals surface area (Å²) >= 11 is 1.86. The highest BCUT2D eigenvalue weighted by Crippen LogP contribution is 2.49. The second-order valence-corrected chi connectivity index (χ2v) is 17.5. The molecule has 0 radical (unpaired) electrons. The van der Waals surface area contributed by atoms with E-state index in [-0.39, 0.29) is 0 Å². The number of hydrogen-bond acceptors (Lipinski definition) is 2. The van der Waals surface area contributed by atoms with Crippen LogP contribution in [0.2, 0.25) is 0 Å². The van der Waals surface area contributed by atoms with E-state index in [0.717, 1.165) is 22.6 Å². The first-order chi connectivity index (χ1) is 31.7. The Hall–Kier alpha value is -8.04. The Labute approximate surface area is 377 Å². The third-order valence-corrected chi connectivity index (χ3v) is 13.7. The van der Waals surface area contributed by atoms with Crippen molar-refractivity contribution in [3.05, 3.63) is 249 Å². The summed E-state index contributed by atoms with van der Waals surface area (Å²) in [6.45, 7) is 0. The van der Waals surface area contributed by atoms with Crippen molar-refractivity contribution in [2.75, 3.05) is 4.90 Å². The van der Waals surface area contributed by atoms with Gasteiger partial charge in [-0.2, -0.15) is 0 Å². The molecule has 0 N–H and O–H groups in total. The SMILES string of the molecule is c1ccc(-c2cc(-c3ccccc3)cc(N(c3cccc(-c4ccc5c(c4)c(-c4ccccc4)c(-c4ccccc4)c4ccccc45)c3)c3cccc4sc5ccccc5c34)c2)cc1. The van der Waals surface area contributed by atoms with Crippen LogP contribution in [-0.4, -0.2) is 0 Å². The van der Waals surface area contributed by atoms with Crippen molar-refractivity contribution in [3.63, 3.8) is 0 Å². The normalized spacial score (nSPS) is 11.4. The van der Waals surface area contributed by atoms with Crippen molar-refractivity contribution < 1.29 is 0 Å². The first-order valence-electron chi connectivity index (χ1n) is 21.9. The Balaban J connectivity index is 1.11. The number of nitrogens with zero attached hydrogens (tertiary/aromatic N) is 1. The van der Waals surface area contributed by atoms with Gasteiger partial charge < -0.3 is 4.90 Å². The van der Waals surface area contributed by atoms with Gasteiger partial charge in [-0.25, -0.2) is 0 Å². The van der Waals surface area contributed by atoms with Crippen molar-refractivity contribution in [2.24, 2.45) is 0 Å². The standard InChI is InChI=1S/C62H41NS/c1-5-19-42(20-6-1)48-37-49(43-21-7-2-8-22-43)40-51(39-48)63(57-32-18-34-59-62(57)55-31-15-16-33-58(55)64-59)50-28-17-27-46(38-50)47-35-36-53-52-29-13-14-30-54(52)60(44-23-9-3-10-24-44)61(56(53)41-47)45-25-11-4-12-26-45/h1-41H. The highest BCUT2D eigenvalue weighted by Gasteiger charge is 2.22. The summed E-state index contributed by atoms with van der Waals surface area (Å²) in [5.41, 5.74) is 15.3. The molecule has 300 valence electrons. The molecule has 0 atom stereocenters. The highest BCUT2D eigenvalue weighted by atomic mass is 32.1. The van der Waals surface area contributed by atoms with E-state index in [2.05, 4.69) is 254 Å². The average Bonchev–Trinajstić information content (AvgIpc) is 3.76. The van der Waals surface area contributed by atoms with Gasteiger partial charge in [-0.05, 0) is 132 Å². The Kier molecular flexibility index (Phi) is 9.43. The molecule has 1 aromatic heterocycles. The maximum atomic E-state index is 2.49. The first kappa shape index (κ1) is 37.7. The van der Waals surface area contributed by atoms with Gasteiger partial charge in [-0.15, -0.1) is 11.3 Å². The summed E-state index contributed by atoms with van der Waals surface area (Å²) < 4.78 is 2.56. The van der Waals surface area contributed by atoms with Gasteiger partial charge in [0.1, 0.15) is 0 Å². The Morgan fingerprint density at radius 3 is 1.38 bits per heavy atom. The molecule has 12 rings (SSSR count). The molecular weight excluding hydrogens is 791 g/mol. The predicted octanol–water partition coefficient (Wildman–Crippen LogP) is 18.2. The first-order valence-corrected chi connectivity index (χ1v) is 22.7. The van der Waals surface area contributed by atoms with Crippen molar-refractivity contribution in [1.82, 2.24) is 0 Å². The summed E-state index contributed by atoms with van der Waals surface area (Å²) in [6, 6.07) is 91.1. The minimum absolute atomic E-state index is 1.09. The Morgan fingerprint density at radius 2 is 0.719 bits per heavy atom. The average molecular weight is 832 g/mol. The monoisotopic (exact) mass is 831 g/mol. The number of fused-ring (bicyclic) bond motifs is 6. The molecule has 1 nitrogen and oxygen atoms in total. The molecule has 0 amide bonds. The molecule has 0 aliphatic carbocycles. The van der Waals surface area contributed by atoms with Crippen LogP contribution in [0.5, 0.6) is 0 Å². The number of rotatable bonds is 8. The number of thiophene rings is 1. The van der Waals surface area contributed by atoms with Crippen LogP contribution < -0.4 is 4.90 Å². The van der Waals surface area contributed by atoms with Gasteiger partial charge in [0.25, 0.3) is 0 Å². The minimum atomic E-state index is 1.09. The van der Waals surface area contributed by atoms with E-state index in [4.69, 9.17) is 0 Å². The van der Waals surface area contributed by atoms with E-state index in [9.17, 15) is 0 Å². The second kappa shape index (κ2) is 16.0. The molecule has 0 aliphatic heterocycles. The molecule has 0 aliphatic rings. The molecule has 12 aromatic rings. The van der Waals surface area contributed by atoms with Crippen molar-refractivity contribution in [2.45, 2.75) is 0 Å². The Bertz CT molecular complexity index is 3590. The predicted molar refractivity (Wildman–Crippen MR) is 276 cm³/mol. The number of hydrogen-bond donors (Lipinski definition) is 0. The minimum Gasteiger partial charge on any atom is -0.310 e. The molecule has 0 spiro atoms.